The second kappa shape index (κ2) is 9.47. The van der Waals surface area contributed by atoms with Crippen molar-refractivity contribution in [3.63, 3.8) is 0 Å². The zero-order chi connectivity index (χ0) is 21.9. The molecule has 5 rings (SSSR count). The summed E-state index contributed by atoms with van der Waals surface area (Å²) in [7, 11) is 0. The molecule has 0 aliphatic carbocycles. The summed E-state index contributed by atoms with van der Waals surface area (Å²) in [6.07, 6.45) is 2.77. The van der Waals surface area contributed by atoms with E-state index in [1.807, 2.05) is 30.3 Å². The van der Waals surface area contributed by atoms with E-state index in [0.717, 1.165) is 24.8 Å². The van der Waals surface area contributed by atoms with Gasteiger partial charge >= 0.3 is 0 Å². The molecule has 3 aromatic rings. The van der Waals surface area contributed by atoms with Crippen molar-refractivity contribution in [2.24, 2.45) is 0 Å². The second-order valence-electron chi connectivity index (χ2n) is 8.03. The summed E-state index contributed by atoms with van der Waals surface area (Å²) in [5.41, 5.74) is 7.86. The van der Waals surface area contributed by atoms with Crippen LogP contribution in [0.3, 0.4) is 0 Å². The lowest BCUT2D eigenvalue weighted by Gasteiger charge is -2.26. The first-order chi connectivity index (χ1) is 15.7. The Morgan fingerprint density at radius 2 is 2.00 bits per heavy atom. The minimum atomic E-state index is -0.965. The summed E-state index contributed by atoms with van der Waals surface area (Å²) in [6, 6.07) is 9.80. The number of hydrogen-bond acceptors (Lipinski definition) is 9. The molecule has 3 N–H and O–H groups in total. The number of aromatic nitrogens is 4. The molecule has 32 heavy (non-hydrogen) atoms. The van der Waals surface area contributed by atoms with Gasteiger partial charge in [-0.3, -0.25) is 4.57 Å². The summed E-state index contributed by atoms with van der Waals surface area (Å²) >= 11 is 0. The number of hydrogen-bond donors (Lipinski definition) is 2. The van der Waals surface area contributed by atoms with E-state index in [0.29, 0.717) is 24.4 Å². The highest BCUT2D eigenvalue weighted by atomic mass is 16.7. The first kappa shape index (κ1) is 21.2. The number of nitrogens with two attached hydrogens (primary N) is 1. The fourth-order valence-electron chi connectivity index (χ4n) is 4.16. The van der Waals surface area contributed by atoms with Crippen LogP contribution in [0.15, 0.2) is 43.0 Å². The standard InChI is InChI=1S/C22H27N5O5/c23-20-17-21(25-12-24-20)27(13-26-17)22-18(28)19(31-10-14-6-2-1-3-7-14)15(32-22)11-30-16-8-4-5-9-29-16/h1-3,6-7,12-13,15-16,18-19,22,28H,4-5,8-11H2,(H2,23,24,25)/t15-,16?,18+,19-,22-/m1/s1. The number of benzene rings is 1. The number of fused-ring (bicyclic) bond motifs is 1. The maximum atomic E-state index is 11.2. The highest BCUT2D eigenvalue weighted by Gasteiger charge is 2.46. The minimum Gasteiger partial charge on any atom is -0.386 e. The van der Waals surface area contributed by atoms with Crippen molar-refractivity contribution in [3.05, 3.63) is 48.5 Å². The van der Waals surface area contributed by atoms with Crippen molar-refractivity contribution in [1.29, 1.82) is 0 Å². The van der Waals surface area contributed by atoms with E-state index >= 15 is 0 Å². The van der Waals surface area contributed by atoms with Crippen LogP contribution in [-0.2, 0) is 25.6 Å². The number of nitrogen functional groups attached to an aromatic ring is 1. The normalized spacial score (nSPS) is 28.3. The van der Waals surface area contributed by atoms with Gasteiger partial charge in [0.15, 0.2) is 24.0 Å². The Kier molecular flexibility index (Phi) is 6.28. The summed E-state index contributed by atoms with van der Waals surface area (Å²) < 4.78 is 25.6. The monoisotopic (exact) mass is 441 g/mol. The van der Waals surface area contributed by atoms with Gasteiger partial charge in [0.05, 0.1) is 19.5 Å². The summed E-state index contributed by atoms with van der Waals surface area (Å²) in [4.78, 5) is 12.5. The van der Waals surface area contributed by atoms with E-state index in [4.69, 9.17) is 24.7 Å². The van der Waals surface area contributed by atoms with Gasteiger partial charge in [0.2, 0.25) is 0 Å². The van der Waals surface area contributed by atoms with Crippen molar-refractivity contribution >= 4 is 17.0 Å². The molecule has 5 atom stereocenters. The average Bonchev–Trinajstić information content (AvgIpc) is 3.39. The van der Waals surface area contributed by atoms with Gasteiger partial charge in [-0.25, -0.2) is 15.0 Å². The Labute approximate surface area is 185 Å². The molecule has 10 nitrogen and oxygen atoms in total. The van der Waals surface area contributed by atoms with Crippen LogP contribution in [0.1, 0.15) is 31.1 Å². The summed E-state index contributed by atoms with van der Waals surface area (Å²) in [5, 5.41) is 11.2. The largest absolute Gasteiger partial charge is 0.386 e. The summed E-state index contributed by atoms with van der Waals surface area (Å²) in [6.45, 7) is 1.27. The molecule has 2 saturated heterocycles. The Bertz CT molecular complexity index is 1030. The Hall–Kier alpha value is -2.63. The molecule has 0 amide bonds. The number of rotatable bonds is 7. The molecule has 2 aliphatic rings. The van der Waals surface area contributed by atoms with Crippen molar-refractivity contribution in [1.82, 2.24) is 19.5 Å². The van der Waals surface area contributed by atoms with E-state index in [1.54, 1.807) is 10.9 Å². The average molecular weight is 441 g/mol. The predicted octanol–water partition coefficient (Wildman–Crippen LogP) is 1.80. The third-order valence-corrected chi connectivity index (χ3v) is 5.84. The van der Waals surface area contributed by atoms with Crippen molar-refractivity contribution < 1.29 is 24.1 Å². The maximum absolute atomic E-state index is 11.2. The van der Waals surface area contributed by atoms with Gasteiger partial charge in [-0.15, -0.1) is 0 Å². The highest BCUT2D eigenvalue weighted by Crippen LogP contribution is 2.34. The first-order valence-electron chi connectivity index (χ1n) is 10.9. The maximum Gasteiger partial charge on any atom is 0.167 e. The molecule has 2 fully saturated rings. The van der Waals surface area contributed by atoms with E-state index < -0.39 is 24.5 Å². The first-order valence-corrected chi connectivity index (χ1v) is 10.9. The fraction of sp³-hybridized carbons (Fsp3) is 0.500. The fourth-order valence-corrected chi connectivity index (χ4v) is 4.16. The Morgan fingerprint density at radius 3 is 2.81 bits per heavy atom. The van der Waals surface area contributed by atoms with Crippen LogP contribution in [0.25, 0.3) is 11.2 Å². The highest BCUT2D eigenvalue weighted by molar-refractivity contribution is 5.81. The summed E-state index contributed by atoms with van der Waals surface area (Å²) in [5.74, 6) is 0.271. The Balaban J connectivity index is 1.35. The number of aliphatic hydroxyl groups excluding tert-OH is 1. The molecule has 0 bridgehead atoms. The molecular weight excluding hydrogens is 414 g/mol. The van der Waals surface area contributed by atoms with Gasteiger partial charge in [-0.1, -0.05) is 30.3 Å². The van der Waals surface area contributed by atoms with Crippen LogP contribution >= 0.6 is 0 Å². The second-order valence-corrected chi connectivity index (χ2v) is 8.03. The lowest BCUT2D eigenvalue weighted by molar-refractivity contribution is -0.188. The lowest BCUT2D eigenvalue weighted by Crippen LogP contribution is -2.38. The molecule has 2 aliphatic heterocycles. The smallest absolute Gasteiger partial charge is 0.167 e. The number of imidazole rings is 1. The van der Waals surface area contributed by atoms with Crippen LogP contribution in [0.2, 0.25) is 0 Å². The topological polar surface area (TPSA) is 127 Å². The van der Waals surface area contributed by atoms with Gasteiger partial charge in [-0.2, -0.15) is 0 Å². The molecular formula is C22H27N5O5. The van der Waals surface area contributed by atoms with Gasteiger partial charge in [-0.05, 0) is 24.8 Å². The zero-order valence-electron chi connectivity index (χ0n) is 17.6. The molecule has 0 radical (unpaired) electrons. The molecule has 1 unspecified atom stereocenters. The lowest BCUT2D eigenvalue weighted by atomic mass is 10.1. The van der Waals surface area contributed by atoms with Crippen LogP contribution < -0.4 is 5.73 Å². The number of aliphatic hydroxyl groups is 1. The number of ether oxygens (including phenoxy) is 4. The van der Waals surface area contributed by atoms with E-state index in [-0.39, 0.29) is 18.7 Å². The molecule has 170 valence electrons. The molecule has 1 aromatic carbocycles. The third-order valence-electron chi connectivity index (χ3n) is 5.84. The van der Waals surface area contributed by atoms with Crippen molar-refractivity contribution in [2.75, 3.05) is 18.9 Å². The quantitative estimate of drug-likeness (QED) is 0.564. The van der Waals surface area contributed by atoms with Crippen LogP contribution in [0.5, 0.6) is 0 Å². The van der Waals surface area contributed by atoms with Crippen molar-refractivity contribution in [2.45, 2.75) is 56.7 Å². The van der Waals surface area contributed by atoms with Crippen molar-refractivity contribution in [3.8, 4) is 0 Å². The molecule has 0 saturated carbocycles. The van der Waals surface area contributed by atoms with Gasteiger partial charge < -0.3 is 29.8 Å². The Morgan fingerprint density at radius 1 is 1.12 bits per heavy atom. The van der Waals surface area contributed by atoms with Gasteiger partial charge in [0, 0.05) is 6.61 Å². The molecule has 10 heteroatoms. The zero-order valence-corrected chi connectivity index (χ0v) is 17.6. The van der Waals surface area contributed by atoms with E-state index in [1.165, 1.54) is 6.33 Å². The van der Waals surface area contributed by atoms with Crippen LogP contribution in [0, 0.1) is 0 Å². The van der Waals surface area contributed by atoms with Gasteiger partial charge in [0.1, 0.15) is 30.2 Å². The van der Waals surface area contributed by atoms with E-state index in [9.17, 15) is 5.11 Å². The predicted molar refractivity (Wildman–Crippen MR) is 114 cm³/mol. The van der Waals surface area contributed by atoms with Crippen LogP contribution in [-0.4, -0.2) is 62.4 Å². The third kappa shape index (κ3) is 4.32. The van der Waals surface area contributed by atoms with Gasteiger partial charge in [0.25, 0.3) is 0 Å². The molecule has 4 heterocycles. The number of anilines is 1. The van der Waals surface area contributed by atoms with E-state index in [2.05, 4.69) is 15.0 Å². The van der Waals surface area contributed by atoms with Crippen LogP contribution in [0.4, 0.5) is 5.82 Å². The minimum absolute atomic E-state index is 0.238. The molecule has 2 aromatic heterocycles. The molecule has 0 spiro atoms. The number of nitrogens with zero attached hydrogens (tertiary/aromatic N) is 4. The SMILES string of the molecule is Nc1ncnc2c1ncn2[C@@H]1O[C@H](COC2CCCCO2)[C@@H](OCc2ccccc2)[C@@H]1O.